The molecule has 2 aromatic heterocycles. The van der Waals surface area contributed by atoms with Gasteiger partial charge in [0.05, 0.1) is 0 Å². The molecule has 5 heteroatoms. The van der Waals surface area contributed by atoms with E-state index >= 15 is 0 Å². The molecule has 5 rings (SSSR count). The summed E-state index contributed by atoms with van der Waals surface area (Å²) in [5.74, 6) is 1.20. The van der Waals surface area contributed by atoms with Crippen molar-refractivity contribution in [3.8, 4) is 0 Å². The fourth-order valence-corrected chi connectivity index (χ4v) is 5.29. The Labute approximate surface area is 199 Å². The molecule has 4 aromatic rings. The van der Waals surface area contributed by atoms with Gasteiger partial charge in [-0.3, -0.25) is 0 Å². The number of nitrogens with one attached hydrogen (secondary N) is 1. The fourth-order valence-electron chi connectivity index (χ4n) is 4.44. The Bertz CT molecular complexity index is 1310. The van der Waals surface area contributed by atoms with Crippen molar-refractivity contribution in [1.29, 1.82) is 0 Å². The minimum atomic E-state index is 0.579. The number of allylic oxidation sites excluding steroid dienone is 1. The lowest BCUT2D eigenvalue weighted by atomic mass is 9.73. The van der Waals surface area contributed by atoms with E-state index in [0.717, 1.165) is 5.56 Å². The Balaban J connectivity index is 1.64. The molecular weight excluding hydrogens is 424 g/mol. The van der Waals surface area contributed by atoms with Gasteiger partial charge in [0.1, 0.15) is 0 Å². The van der Waals surface area contributed by atoms with E-state index in [4.69, 9.17) is 0 Å². The van der Waals surface area contributed by atoms with Crippen molar-refractivity contribution >= 4 is 34.6 Å². The summed E-state index contributed by atoms with van der Waals surface area (Å²) in [5, 5.41) is 18.7. The molecule has 0 amide bonds. The highest BCUT2D eigenvalue weighted by molar-refractivity contribution is 7.08. The number of aromatic amines is 1. The second-order valence-electron chi connectivity index (χ2n) is 8.91. The summed E-state index contributed by atoms with van der Waals surface area (Å²) in [4.78, 5) is 0. The predicted molar refractivity (Wildman–Crippen MR) is 138 cm³/mol. The summed E-state index contributed by atoms with van der Waals surface area (Å²) in [7, 11) is 0. The summed E-state index contributed by atoms with van der Waals surface area (Å²) < 4.78 is 0. The molecule has 0 spiro atoms. The second-order valence-corrected chi connectivity index (χ2v) is 9.65. The Morgan fingerprint density at radius 2 is 1.70 bits per heavy atom. The number of aryl methyl sites for hydroxylation is 3. The zero-order valence-electron chi connectivity index (χ0n) is 19.3. The number of tetrazole rings is 1. The normalized spacial score (nSPS) is 15.0. The third kappa shape index (κ3) is 4.46. The Morgan fingerprint density at radius 1 is 0.909 bits per heavy atom. The van der Waals surface area contributed by atoms with Gasteiger partial charge in [-0.15, -0.1) is 10.2 Å². The molecule has 2 heterocycles. The van der Waals surface area contributed by atoms with E-state index < -0.39 is 0 Å². The van der Waals surface area contributed by atoms with Crippen LogP contribution in [0.2, 0.25) is 0 Å². The van der Waals surface area contributed by atoms with E-state index in [1.807, 2.05) is 12.2 Å². The maximum atomic E-state index is 3.99. The smallest absolute Gasteiger partial charge is 0.177 e. The summed E-state index contributed by atoms with van der Waals surface area (Å²) in [6.07, 6.45) is 7.74. The van der Waals surface area contributed by atoms with Gasteiger partial charge in [0.15, 0.2) is 5.82 Å². The fraction of sp³-hybridized carbons (Fsp3) is 0.250. The number of rotatable bonds is 6. The first kappa shape index (κ1) is 21.5. The molecule has 2 aromatic carbocycles. The first-order valence-corrected chi connectivity index (χ1v) is 12.4. The van der Waals surface area contributed by atoms with Gasteiger partial charge in [-0.25, -0.2) is 0 Å². The van der Waals surface area contributed by atoms with E-state index in [0.29, 0.717) is 11.7 Å². The van der Waals surface area contributed by atoms with Crippen molar-refractivity contribution in [2.75, 3.05) is 0 Å². The van der Waals surface area contributed by atoms with Crippen molar-refractivity contribution in [3.05, 3.63) is 98.0 Å². The van der Waals surface area contributed by atoms with E-state index in [9.17, 15) is 0 Å². The highest BCUT2D eigenvalue weighted by Crippen LogP contribution is 2.46. The third-order valence-corrected chi connectivity index (χ3v) is 7.57. The largest absolute Gasteiger partial charge is 0.197 e. The predicted octanol–water partition coefficient (Wildman–Crippen LogP) is 7.12. The van der Waals surface area contributed by atoms with Gasteiger partial charge < -0.3 is 0 Å². The summed E-state index contributed by atoms with van der Waals surface area (Å²) >= 11 is 1.80. The van der Waals surface area contributed by atoms with Crippen LogP contribution < -0.4 is 0 Å². The van der Waals surface area contributed by atoms with Crippen LogP contribution in [-0.4, -0.2) is 20.6 Å². The monoisotopic (exact) mass is 452 g/mol. The molecule has 0 bridgehead atoms. The molecule has 0 unspecified atom stereocenters. The van der Waals surface area contributed by atoms with Crippen LogP contribution in [0, 0.1) is 26.7 Å². The van der Waals surface area contributed by atoms with E-state index in [1.54, 1.807) is 11.3 Å². The van der Waals surface area contributed by atoms with Crippen molar-refractivity contribution in [2.24, 2.45) is 5.92 Å². The van der Waals surface area contributed by atoms with E-state index in [-0.39, 0.29) is 0 Å². The molecule has 1 saturated carbocycles. The molecule has 0 saturated heterocycles. The first-order chi connectivity index (χ1) is 16.1. The maximum Gasteiger partial charge on any atom is 0.197 e. The molecule has 0 radical (unpaired) electrons. The van der Waals surface area contributed by atoms with Crippen LogP contribution in [0.4, 0.5) is 0 Å². The number of aromatic nitrogens is 4. The number of H-pyrrole nitrogens is 1. The maximum absolute atomic E-state index is 3.99. The zero-order chi connectivity index (χ0) is 22.8. The minimum absolute atomic E-state index is 0.579. The highest BCUT2D eigenvalue weighted by atomic mass is 32.1. The first-order valence-electron chi connectivity index (χ1n) is 11.5. The summed E-state index contributed by atoms with van der Waals surface area (Å²) in [6, 6.07) is 15.8. The standard InChI is InChI=1S/C28H28N4S/c1-18-7-11-24(15-19(18)2)27(28(22-5-4-6-22)25-17-33-16-20(25)3)23-12-8-21(9-13-23)10-14-26-29-31-32-30-26/h7-17,22H,4-6H2,1-3H3,(H,29,30,31,32)/b14-10+,28-27+. The lowest BCUT2D eigenvalue weighted by Gasteiger charge is -2.31. The van der Waals surface area contributed by atoms with Crippen LogP contribution in [-0.2, 0) is 0 Å². The zero-order valence-corrected chi connectivity index (χ0v) is 20.1. The number of hydrogen-bond acceptors (Lipinski definition) is 4. The Kier molecular flexibility index (Phi) is 6.05. The highest BCUT2D eigenvalue weighted by Gasteiger charge is 2.28. The number of thiophene rings is 1. The van der Waals surface area contributed by atoms with E-state index in [2.05, 4.69) is 94.6 Å². The molecule has 1 aliphatic rings. The number of hydrogen-bond donors (Lipinski definition) is 1. The number of benzene rings is 2. The van der Waals surface area contributed by atoms with Gasteiger partial charge in [0.25, 0.3) is 0 Å². The average molecular weight is 453 g/mol. The van der Waals surface area contributed by atoms with Gasteiger partial charge in [-0.05, 0) is 112 Å². The molecule has 1 aliphatic carbocycles. The third-order valence-electron chi connectivity index (χ3n) is 6.71. The van der Waals surface area contributed by atoms with Gasteiger partial charge in [0.2, 0.25) is 0 Å². The van der Waals surface area contributed by atoms with Crippen molar-refractivity contribution in [1.82, 2.24) is 20.6 Å². The van der Waals surface area contributed by atoms with Crippen LogP contribution in [0.3, 0.4) is 0 Å². The molecule has 1 fully saturated rings. The van der Waals surface area contributed by atoms with Crippen LogP contribution >= 0.6 is 11.3 Å². The van der Waals surface area contributed by atoms with E-state index in [1.165, 1.54) is 63.8 Å². The quantitative estimate of drug-likeness (QED) is 0.339. The van der Waals surface area contributed by atoms with Crippen LogP contribution in [0.15, 0.2) is 53.2 Å². The van der Waals surface area contributed by atoms with Crippen molar-refractivity contribution < 1.29 is 0 Å². The topological polar surface area (TPSA) is 54.5 Å². The van der Waals surface area contributed by atoms with Crippen molar-refractivity contribution in [3.63, 3.8) is 0 Å². The SMILES string of the molecule is Cc1ccc(/C(=C(/c2cscc2C)C2CCC2)c2ccc(/C=C/c3nn[nH]n3)cc2)cc1C. The molecule has 0 atom stereocenters. The van der Waals surface area contributed by atoms with Gasteiger partial charge >= 0.3 is 0 Å². The molecule has 1 N–H and O–H groups in total. The van der Waals surface area contributed by atoms with Gasteiger partial charge in [0, 0.05) is 0 Å². The summed E-state index contributed by atoms with van der Waals surface area (Å²) in [5.41, 5.74) is 12.0. The molecule has 4 nitrogen and oxygen atoms in total. The van der Waals surface area contributed by atoms with Crippen LogP contribution in [0.5, 0.6) is 0 Å². The molecular formula is C28H28N4S. The van der Waals surface area contributed by atoms with Crippen LogP contribution in [0.25, 0.3) is 23.3 Å². The summed E-state index contributed by atoms with van der Waals surface area (Å²) in [6.45, 7) is 6.64. The molecule has 33 heavy (non-hydrogen) atoms. The van der Waals surface area contributed by atoms with Gasteiger partial charge in [-0.2, -0.15) is 16.6 Å². The Morgan fingerprint density at radius 3 is 2.30 bits per heavy atom. The minimum Gasteiger partial charge on any atom is -0.177 e. The van der Waals surface area contributed by atoms with Crippen LogP contribution in [0.1, 0.15) is 64.0 Å². The lowest BCUT2D eigenvalue weighted by Crippen LogP contribution is -2.15. The molecule has 166 valence electrons. The Hall–Kier alpha value is -3.31. The lowest BCUT2D eigenvalue weighted by molar-refractivity contribution is 0.401. The molecule has 0 aliphatic heterocycles. The van der Waals surface area contributed by atoms with Gasteiger partial charge in [-0.1, -0.05) is 55.0 Å². The second kappa shape index (κ2) is 9.28. The number of nitrogens with zero attached hydrogens (tertiary/aromatic N) is 3. The average Bonchev–Trinajstić information content (AvgIpc) is 3.45. The van der Waals surface area contributed by atoms with Crippen molar-refractivity contribution in [2.45, 2.75) is 40.0 Å².